The zero-order valence-corrected chi connectivity index (χ0v) is 18.8. The number of unbranched alkanes of at least 4 members (excludes halogenated alkanes) is 1. The molecule has 0 atom stereocenters. The maximum atomic E-state index is 12.6. The number of carbonyl (C=O) groups is 3. The molecule has 0 aliphatic heterocycles. The number of nitrogens with one attached hydrogen (secondary N) is 1. The fourth-order valence-electron chi connectivity index (χ4n) is 3.17. The smallest absolute Gasteiger partial charge is 0.336 e. The van der Waals surface area contributed by atoms with Gasteiger partial charge < -0.3 is 20.1 Å². The Balaban J connectivity index is 1.74. The monoisotopic (exact) mass is 468 g/mol. The van der Waals surface area contributed by atoms with Crippen molar-refractivity contribution in [2.75, 3.05) is 11.1 Å². The Hall–Kier alpha value is -3.66. The van der Waals surface area contributed by atoms with Crippen LogP contribution in [0.25, 0.3) is 0 Å². The molecular weight excluding hydrogens is 444 g/mol. The van der Waals surface area contributed by atoms with Crippen LogP contribution < -0.4 is 5.32 Å². The van der Waals surface area contributed by atoms with Crippen LogP contribution in [0.15, 0.2) is 53.7 Å². The lowest BCUT2D eigenvalue weighted by Gasteiger charge is -2.11. The Morgan fingerprint density at radius 3 is 2.33 bits per heavy atom. The minimum Gasteiger partial charge on any atom is -0.481 e. The van der Waals surface area contributed by atoms with Gasteiger partial charge in [0.2, 0.25) is 0 Å². The number of anilines is 1. The molecule has 3 rings (SSSR count). The van der Waals surface area contributed by atoms with Crippen LogP contribution in [-0.4, -0.2) is 48.6 Å². The van der Waals surface area contributed by atoms with Crippen molar-refractivity contribution in [2.24, 2.45) is 0 Å². The van der Waals surface area contributed by atoms with Gasteiger partial charge in [-0.15, -0.1) is 10.2 Å². The van der Waals surface area contributed by atoms with E-state index in [9.17, 15) is 19.5 Å². The lowest BCUT2D eigenvalue weighted by atomic mass is 10.1. The molecule has 0 bridgehead atoms. The predicted octanol–water partition coefficient (Wildman–Crippen LogP) is 3.80. The van der Waals surface area contributed by atoms with Crippen molar-refractivity contribution in [2.45, 2.75) is 37.9 Å². The number of hydrogen-bond acceptors (Lipinski definition) is 6. The average Bonchev–Trinajstić information content (AvgIpc) is 3.18. The summed E-state index contributed by atoms with van der Waals surface area (Å²) >= 11 is 1.13. The topological polar surface area (TPSA) is 134 Å². The molecule has 0 spiro atoms. The molecule has 1 amide bonds. The second-order valence-electron chi connectivity index (χ2n) is 7.27. The van der Waals surface area contributed by atoms with Gasteiger partial charge in [-0.1, -0.05) is 49.4 Å². The van der Waals surface area contributed by atoms with Crippen LogP contribution in [0.1, 0.15) is 51.9 Å². The number of nitrogens with zero attached hydrogens (tertiary/aromatic N) is 3. The van der Waals surface area contributed by atoms with E-state index in [0.717, 1.165) is 42.4 Å². The molecule has 9 nitrogen and oxygen atoms in total. The van der Waals surface area contributed by atoms with E-state index in [0.29, 0.717) is 17.4 Å². The number of carboxylic acids is 2. The SMILES string of the molecule is CCCCc1nnc(SCC(=O)O)n1Cc1ccc(NC(=O)c2ccccc2C(=O)O)cc1. The minimum atomic E-state index is -1.17. The molecule has 0 saturated carbocycles. The van der Waals surface area contributed by atoms with Crippen molar-refractivity contribution in [3.05, 3.63) is 71.0 Å². The lowest BCUT2D eigenvalue weighted by Crippen LogP contribution is -2.16. The highest BCUT2D eigenvalue weighted by molar-refractivity contribution is 7.99. The van der Waals surface area contributed by atoms with Gasteiger partial charge in [0.15, 0.2) is 5.16 Å². The van der Waals surface area contributed by atoms with Crippen molar-refractivity contribution in [3.63, 3.8) is 0 Å². The van der Waals surface area contributed by atoms with Gasteiger partial charge >= 0.3 is 11.9 Å². The molecule has 33 heavy (non-hydrogen) atoms. The zero-order chi connectivity index (χ0) is 23.8. The number of thioether (sulfide) groups is 1. The number of amides is 1. The third-order valence-electron chi connectivity index (χ3n) is 4.83. The quantitative estimate of drug-likeness (QED) is 0.362. The molecule has 1 heterocycles. The highest BCUT2D eigenvalue weighted by Gasteiger charge is 2.17. The Morgan fingerprint density at radius 2 is 1.70 bits per heavy atom. The first-order chi connectivity index (χ1) is 15.9. The molecule has 0 aliphatic rings. The predicted molar refractivity (Wildman–Crippen MR) is 124 cm³/mol. The van der Waals surface area contributed by atoms with E-state index in [2.05, 4.69) is 22.4 Å². The maximum absolute atomic E-state index is 12.6. The molecular formula is C23H24N4O5S. The number of aryl methyl sites for hydroxylation is 1. The molecule has 0 radical (unpaired) electrons. The summed E-state index contributed by atoms with van der Waals surface area (Å²) in [5.41, 5.74) is 1.47. The van der Waals surface area contributed by atoms with Gasteiger partial charge in [0.05, 0.1) is 23.4 Å². The van der Waals surface area contributed by atoms with E-state index in [1.54, 1.807) is 24.3 Å². The van der Waals surface area contributed by atoms with E-state index < -0.39 is 17.8 Å². The molecule has 0 unspecified atom stereocenters. The molecule has 2 aromatic carbocycles. The van der Waals surface area contributed by atoms with Crippen LogP contribution in [0.3, 0.4) is 0 Å². The summed E-state index contributed by atoms with van der Waals surface area (Å²) < 4.78 is 1.92. The van der Waals surface area contributed by atoms with Gasteiger partial charge in [-0.2, -0.15) is 0 Å². The Bertz CT molecular complexity index is 1140. The van der Waals surface area contributed by atoms with Gasteiger partial charge in [-0.05, 0) is 36.2 Å². The number of carboxylic acid groups (broad SMARTS) is 2. The first-order valence-electron chi connectivity index (χ1n) is 10.4. The fraction of sp³-hybridized carbons (Fsp3) is 0.261. The summed E-state index contributed by atoms with van der Waals surface area (Å²) in [6.45, 7) is 2.55. The van der Waals surface area contributed by atoms with E-state index in [1.807, 2.05) is 16.7 Å². The van der Waals surface area contributed by atoms with Crippen LogP contribution in [0.5, 0.6) is 0 Å². The summed E-state index contributed by atoms with van der Waals surface area (Å²) in [7, 11) is 0. The number of aromatic carboxylic acids is 1. The van der Waals surface area contributed by atoms with Crippen LogP contribution in [0.4, 0.5) is 5.69 Å². The first kappa shape index (κ1) is 24.0. The largest absolute Gasteiger partial charge is 0.481 e. The summed E-state index contributed by atoms with van der Waals surface area (Å²) in [4.78, 5) is 34.9. The van der Waals surface area contributed by atoms with E-state index in [-0.39, 0.29) is 16.9 Å². The van der Waals surface area contributed by atoms with Crippen LogP contribution in [-0.2, 0) is 17.8 Å². The van der Waals surface area contributed by atoms with Crippen LogP contribution in [0, 0.1) is 0 Å². The molecule has 0 fully saturated rings. The number of aromatic nitrogens is 3. The van der Waals surface area contributed by atoms with E-state index >= 15 is 0 Å². The van der Waals surface area contributed by atoms with E-state index in [1.165, 1.54) is 12.1 Å². The molecule has 0 saturated heterocycles. The van der Waals surface area contributed by atoms with Gasteiger partial charge in [0.25, 0.3) is 5.91 Å². The van der Waals surface area contributed by atoms with Gasteiger partial charge in [0.1, 0.15) is 5.82 Å². The summed E-state index contributed by atoms with van der Waals surface area (Å²) in [6.07, 6.45) is 2.70. The summed E-state index contributed by atoms with van der Waals surface area (Å²) in [6, 6.07) is 13.2. The van der Waals surface area contributed by atoms with Crippen LogP contribution in [0.2, 0.25) is 0 Å². The maximum Gasteiger partial charge on any atom is 0.336 e. The van der Waals surface area contributed by atoms with Crippen molar-refractivity contribution in [1.82, 2.24) is 14.8 Å². The van der Waals surface area contributed by atoms with Gasteiger partial charge in [0, 0.05) is 12.1 Å². The number of carbonyl (C=O) groups excluding carboxylic acids is 1. The standard InChI is InChI=1S/C23H24N4O5S/c1-2-3-8-19-25-26-23(33-14-20(28)29)27(19)13-15-9-11-16(12-10-15)24-21(30)17-6-4-5-7-18(17)22(31)32/h4-7,9-12H,2-3,8,13-14H2,1H3,(H,24,30)(H,28,29)(H,31,32). The average molecular weight is 469 g/mol. The highest BCUT2D eigenvalue weighted by atomic mass is 32.2. The second kappa shape index (κ2) is 11.3. The van der Waals surface area contributed by atoms with Crippen molar-refractivity contribution >= 4 is 35.3 Å². The van der Waals surface area contributed by atoms with Crippen LogP contribution >= 0.6 is 11.8 Å². The molecule has 3 N–H and O–H groups in total. The van der Waals surface area contributed by atoms with Gasteiger partial charge in [-0.25, -0.2) is 4.79 Å². The Morgan fingerprint density at radius 1 is 1.00 bits per heavy atom. The number of hydrogen-bond donors (Lipinski definition) is 3. The molecule has 1 aromatic heterocycles. The Labute approximate surface area is 194 Å². The summed E-state index contributed by atoms with van der Waals surface area (Å²) in [5, 5.41) is 29.9. The molecule has 172 valence electrons. The first-order valence-corrected chi connectivity index (χ1v) is 11.4. The highest BCUT2D eigenvalue weighted by Crippen LogP contribution is 2.21. The fourth-order valence-corrected chi connectivity index (χ4v) is 3.85. The number of aliphatic carboxylic acids is 1. The second-order valence-corrected chi connectivity index (χ2v) is 8.22. The Kier molecular flexibility index (Phi) is 8.20. The molecule has 3 aromatic rings. The van der Waals surface area contributed by atoms with Crippen molar-refractivity contribution in [3.8, 4) is 0 Å². The molecule has 0 aliphatic carbocycles. The zero-order valence-electron chi connectivity index (χ0n) is 18.0. The van der Waals surface area contributed by atoms with Crippen molar-refractivity contribution in [1.29, 1.82) is 0 Å². The lowest BCUT2D eigenvalue weighted by molar-refractivity contribution is -0.133. The van der Waals surface area contributed by atoms with Gasteiger partial charge in [-0.3, -0.25) is 9.59 Å². The summed E-state index contributed by atoms with van der Waals surface area (Å²) in [5.74, 6) is -1.90. The normalized spacial score (nSPS) is 10.7. The van der Waals surface area contributed by atoms with Crippen molar-refractivity contribution < 1.29 is 24.6 Å². The third kappa shape index (κ3) is 6.42. The third-order valence-corrected chi connectivity index (χ3v) is 5.78. The number of benzene rings is 2. The molecule has 10 heteroatoms. The number of rotatable bonds is 11. The van der Waals surface area contributed by atoms with E-state index in [4.69, 9.17) is 5.11 Å². The minimum absolute atomic E-state index is 0.0646.